The van der Waals surface area contributed by atoms with Crippen molar-refractivity contribution >= 4 is 23.2 Å². The van der Waals surface area contributed by atoms with E-state index in [1.165, 1.54) is 0 Å². The fraction of sp³-hybridized carbons (Fsp3) is 0.174. The molecule has 0 aliphatic heterocycles. The smallest absolute Gasteiger partial charge is 0.155 e. The van der Waals surface area contributed by atoms with E-state index in [-0.39, 0.29) is 0 Å². The summed E-state index contributed by atoms with van der Waals surface area (Å²) in [6.45, 7) is 4.46. The molecule has 3 aromatic heterocycles. The zero-order chi connectivity index (χ0) is 21.3. The zero-order valence-corrected chi connectivity index (χ0v) is 18.4. The molecule has 0 aliphatic carbocycles. The average molecular weight is 439 g/mol. The minimum Gasteiger partial charge on any atom is -0.489 e. The Bertz CT molecular complexity index is 1190. The van der Waals surface area contributed by atoms with Crippen LogP contribution in [0.3, 0.4) is 0 Å². The number of halogens is 2. The highest BCUT2D eigenvalue weighted by Crippen LogP contribution is 2.35. The third kappa shape index (κ3) is 4.18. The van der Waals surface area contributed by atoms with Gasteiger partial charge in [-0.3, -0.25) is 4.98 Å². The largest absolute Gasteiger partial charge is 0.489 e. The van der Waals surface area contributed by atoms with Gasteiger partial charge in [0.1, 0.15) is 23.3 Å². The topological polar surface area (TPSA) is 52.8 Å². The van der Waals surface area contributed by atoms with Gasteiger partial charge in [0.05, 0.1) is 5.69 Å². The van der Waals surface area contributed by atoms with Gasteiger partial charge in [0.2, 0.25) is 0 Å². The molecular formula is C23H20Cl2N4O. The summed E-state index contributed by atoms with van der Waals surface area (Å²) in [4.78, 5) is 13.0. The van der Waals surface area contributed by atoms with Crippen LogP contribution in [0.4, 0.5) is 0 Å². The van der Waals surface area contributed by atoms with Gasteiger partial charge in [-0.2, -0.15) is 0 Å². The van der Waals surface area contributed by atoms with Gasteiger partial charge in [0.15, 0.2) is 5.15 Å². The Labute approximate surface area is 185 Å². The van der Waals surface area contributed by atoms with Crippen LogP contribution >= 0.6 is 23.2 Å². The van der Waals surface area contributed by atoms with E-state index < -0.39 is 0 Å². The van der Waals surface area contributed by atoms with E-state index in [2.05, 4.69) is 15.0 Å². The van der Waals surface area contributed by atoms with Gasteiger partial charge in [0.25, 0.3) is 0 Å². The monoisotopic (exact) mass is 438 g/mol. The maximum atomic E-state index is 6.52. The van der Waals surface area contributed by atoms with Crippen LogP contribution in [0.5, 0.6) is 5.75 Å². The molecule has 0 N–H and O–H groups in total. The van der Waals surface area contributed by atoms with Crippen molar-refractivity contribution in [1.29, 1.82) is 0 Å². The van der Waals surface area contributed by atoms with Crippen LogP contribution < -0.4 is 4.74 Å². The highest BCUT2D eigenvalue weighted by Gasteiger charge is 2.18. The molecule has 7 heteroatoms. The summed E-state index contributed by atoms with van der Waals surface area (Å²) in [5.74, 6) is 1.52. The predicted octanol–water partition coefficient (Wildman–Crippen LogP) is 6.05. The molecule has 0 radical (unpaired) electrons. The third-order valence-electron chi connectivity index (χ3n) is 4.87. The Balaban J connectivity index is 1.60. The lowest BCUT2D eigenvalue weighted by molar-refractivity contribution is 0.305. The van der Waals surface area contributed by atoms with Crippen LogP contribution in [-0.4, -0.2) is 19.5 Å². The van der Waals surface area contributed by atoms with Crippen molar-refractivity contribution in [2.24, 2.45) is 7.05 Å². The molecule has 152 valence electrons. The van der Waals surface area contributed by atoms with Crippen LogP contribution in [0.15, 0.2) is 54.9 Å². The number of benzene rings is 1. The first-order valence-corrected chi connectivity index (χ1v) is 10.2. The lowest BCUT2D eigenvalue weighted by atomic mass is 10.1. The molecule has 0 atom stereocenters. The second kappa shape index (κ2) is 8.46. The Morgan fingerprint density at radius 2 is 1.80 bits per heavy atom. The Hall–Kier alpha value is -2.89. The highest BCUT2D eigenvalue weighted by atomic mass is 35.5. The minimum absolute atomic E-state index is 0.435. The number of imidazole rings is 1. The second-order valence-electron chi connectivity index (χ2n) is 7.08. The summed E-state index contributed by atoms with van der Waals surface area (Å²) >= 11 is 12.4. The van der Waals surface area contributed by atoms with E-state index in [9.17, 15) is 0 Å². The quantitative estimate of drug-likeness (QED) is 0.356. The number of hydrogen-bond donors (Lipinski definition) is 0. The molecule has 0 bridgehead atoms. The first kappa shape index (κ1) is 20.4. The third-order valence-corrected chi connectivity index (χ3v) is 5.36. The molecule has 1 aromatic carbocycles. The lowest BCUT2D eigenvalue weighted by Crippen LogP contribution is -1.99. The maximum Gasteiger partial charge on any atom is 0.155 e. The van der Waals surface area contributed by atoms with Gasteiger partial charge in [-0.25, -0.2) is 9.97 Å². The van der Waals surface area contributed by atoms with E-state index in [0.717, 1.165) is 45.2 Å². The molecular weight excluding hydrogens is 419 g/mol. The maximum absolute atomic E-state index is 6.52. The molecule has 30 heavy (non-hydrogen) atoms. The number of pyridine rings is 2. The number of aryl methyl sites for hydroxylation is 2. The molecule has 3 heterocycles. The van der Waals surface area contributed by atoms with Crippen molar-refractivity contribution in [2.45, 2.75) is 20.5 Å². The molecule has 0 saturated carbocycles. The van der Waals surface area contributed by atoms with Gasteiger partial charge in [-0.05, 0) is 55.8 Å². The predicted molar refractivity (Wildman–Crippen MR) is 120 cm³/mol. The fourth-order valence-electron chi connectivity index (χ4n) is 3.27. The number of aromatic nitrogens is 4. The van der Waals surface area contributed by atoms with E-state index in [1.807, 2.05) is 68.1 Å². The fourth-order valence-corrected chi connectivity index (χ4v) is 3.69. The number of hydrogen-bond acceptors (Lipinski definition) is 4. The number of rotatable bonds is 5. The van der Waals surface area contributed by atoms with Gasteiger partial charge in [-0.15, -0.1) is 0 Å². The van der Waals surface area contributed by atoms with E-state index in [1.54, 1.807) is 12.3 Å². The van der Waals surface area contributed by atoms with Gasteiger partial charge in [-0.1, -0.05) is 29.3 Å². The van der Waals surface area contributed by atoms with Gasteiger partial charge < -0.3 is 9.30 Å². The van der Waals surface area contributed by atoms with Crippen LogP contribution in [0, 0.1) is 13.8 Å². The highest BCUT2D eigenvalue weighted by molar-refractivity contribution is 6.32. The van der Waals surface area contributed by atoms with E-state index >= 15 is 0 Å². The van der Waals surface area contributed by atoms with E-state index in [4.69, 9.17) is 27.9 Å². The Kier molecular flexibility index (Phi) is 5.75. The summed E-state index contributed by atoms with van der Waals surface area (Å²) in [6.07, 6.45) is 3.52. The summed E-state index contributed by atoms with van der Waals surface area (Å²) in [7, 11) is 1.94. The van der Waals surface area contributed by atoms with Gasteiger partial charge in [0, 0.05) is 41.8 Å². The molecule has 0 spiro atoms. The zero-order valence-electron chi connectivity index (χ0n) is 16.9. The van der Waals surface area contributed by atoms with E-state index in [0.29, 0.717) is 16.9 Å². The van der Waals surface area contributed by atoms with Crippen LogP contribution in [-0.2, 0) is 13.7 Å². The summed E-state index contributed by atoms with van der Waals surface area (Å²) in [6, 6.07) is 13.6. The molecule has 0 saturated heterocycles. The van der Waals surface area contributed by atoms with Gasteiger partial charge >= 0.3 is 0 Å². The van der Waals surface area contributed by atoms with Crippen molar-refractivity contribution < 1.29 is 4.74 Å². The first-order chi connectivity index (χ1) is 14.4. The van der Waals surface area contributed by atoms with Crippen molar-refractivity contribution in [1.82, 2.24) is 19.5 Å². The van der Waals surface area contributed by atoms with Crippen LogP contribution in [0.2, 0.25) is 10.3 Å². The SMILES string of the molecule is Cc1ccc(COc2ccc(-c3c(Cl)nc(-c4ccc(Cl)nc4)n3C)c(C)c2)cn1. The Morgan fingerprint density at radius 1 is 0.967 bits per heavy atom. The second-order valence-corrected chi connectivity index (χ2v) is 7.82. The van der Waals surface area contributed by atoms with Crippen molar-refractivity contribution in [3.8, 4) is 28.4 Å². The normalized spacial score (nSPS) is 11.0. The summed E-state index contributed by atoms with van der Waals surface area (Å²) in [5.41, 5.74) is 5.74. The molecule has 5 nitrogen and oxygen atoms in total. The molecule has 0 fully saturated rings. The standard InChI is InChI=1S/C23H20Cl2N4O/c1-14-10-18(30-13-16-5-4-15(2)26-11-16)7-8-19(14)21-22(25)28-23(29(21)3)17-6-9-20(24)27-12-17/h4-12H,13H2,1-3H3. The van der Waals surface area contributed by atoms with Crippen molar-refractivity contribution in [2.75, 3.05) is 0 Å². The molecule has 4 aromatic rings. The summed E-state index contributed by atoms with van der Waals surface area (Å²) < 4.78 is 7.90. The van der Waals surface area contributed by atoms with Crippen molar-refractivity contribution in [3.63, 3.8) is 0 Å². The van der Waals surface area contributed by atoms with Crippen molar-refractivity contribution in [3.05, 3.63) is 82.0 Å². The van der Waals surface area contributed by atoms with Crippen LogP contribution in [0.25, 0.3) is 22.6 Å². The Morgan fingerprint density at radius 3 is 2.47 bits per heavy atom. The number of nitrogens with zero attached hydrogens (tertiary/aromatic N) is 4. The molecule has 4 rings (SSSR count). The number of ether oxygens (including phenoxy) is 1. The first-order valence-electron chi connectivity index (χ1n) is 9.42. The molecule has 0 unspecified atom stereocenters. The van der Waals surface area contributed by atoms with Crippen LogP contribution in [0.1, 0.15) is 16.8 Å². The summed E-state index contributed by atoms with van der Waals surface area (Å²) in [5, 5.41) is 0.872. The molecule has 0 aliphatic rings. The average Bonchev–Trinajstić information content (AvgIpc) is 3.02. The molecule has 0 amide bonds. The minimum atomic E-state index is 0.435. The lowest BCUT2D eigenvalue weighted by Gasteiger charge is -2.12.